The monoisotopic (exact) mass is 174 g/mol. The second kappa shape index (κ2) is 7.06. The van der Waals surface area contributed by atoms with Crippen molar-refractivity contribution >= 4 is 0 Å². The minimum absolute atomic E-state index is 0. The Morgan fingerprint density at radius 2 is 2.14 bits per heavy atom. The Hall–Kier alpha value is 1.06. The van der Waals surface area contributed by atoms with Crippen molar-refractivity contribution in [1.82, 2.24) is 5.32 Å². The molecule has 2 heteroatoms. The molecule has 1 N–H and O–H groups in total. The molecule has 0 unspecified atom stereocenters. The van der Waals surface area contributed by atoms with E-state index in [1.54, 1.807) is 0 Å². The van der Waals surface area contributed by atoms with Gasteiger partial charge in [0.25, 0.3) is 0 Å². The summed E-state index contributed by atoms with van der Waals surface area (Å²) in [5.41, 5.74) is 0. The standard InChI is InChI=1S/C4H8N.CH3.Y/c1-2-4-5-3-1;;/h1,5H,2-4H2;1H3;/q2*-1;. The van der Waals surface area contributed by atoms with Gasteiger partial charge in [-0.25, -0.2) is 0 Å². The third-order valence-corrected chi connectivity index (χ3v) is 0.814. The van der Waals surface area contributed by atoms with Crippen LogP contribution in [0.15, 0.2) is 0 Å². The van der Waals surface area contributed by atoms with Crippen molar-refractivity contribution in [2.75, 3.05) is 13.1 Å². The molecule has 1 radical (unpaired) electrons. The van der Waals surface area contributed by atoms with E-state index >= 15 is 0 Å². The predicted octanol–water partition coefficient (Wildman–Crippen LogP) is 0.632. The normalized spacial score (nSPS) is 17.1. The quantitative estimate of drug-likeness (QED) is 0.531. The molecule has 41 valence electrons. The maximum absolute atomic E-state index is 3.17. The number of rotatable bonds is 0. The molecule has 0 spiro atoms. The van der Waals surface area contributed by atoms with Gasteiger partial charge in [0.15, 0.2) is 0 Å². The first kappa shape index (κ1) is 10.9. The van der Waals surface area contributed by atoms with E-state index in [2.05, 4.69) is 11.7 Å². The Kier molecular flexibility index (Phi) is 11.0. The average molecular weight is 174 g/mol. The van der Waals surface area contributed by atoms with Crippen LogP contribution in [-0.4, -0.2) is 13.1 Å². The van der Waals surface area contributed by atoms with E-state index in [1.165, 1.54) is 13.0 Å². The van der Waals surface area contributed by atoms with Crippen LogP contribution < -0.4 is 5.32 Å². The second-order valence-electron chi connectivity index (χ2n) is 1.28. The van der Waals surface area contributed by atoms with E-state index in [-0.39, 0.29) is 40.1 Å². The van der Waals surface area contributed by atoms with E-state index in [4.69, 9.17) is 0 Å². The number of nitrogens with one attached hydrogen (secondary N) is 1. The van der Waals surface area contributed by atoms with Gasteiger partial charge in [0, 0.05) is 32.7 Å². The summed E-state index contributed by atoms with van der Waals surface area (Å²) >= 11 is 0. The van der Waals surface area contributed by atoms with Crippen LogP contribution in [0.4, 0.5) is 0 Å². The fourth-order valence-electron chi connectivity index (χ4n) is 0.510. The molecule has 1 rings (SSSR count). The van der Waals surface area contributed by atoms with Gasteiger partial charge in [0.05, 0.1) is 0 Å². The maximum atomic E-state index is 3.17. The van der Waals surface area contributed by atoms with Crippen LogP contribution in [0.3, 0.4) is 0 Å². The Bertz CT molecular complexity index is 19.7. The molecular weight excluding hydrogens is 163 g/mol. The van der Waals surface area contributed by atoms with E-state index < -0.39 is 0 Å². The summed E-state index contributed by atoms with van der Waals surface area (Å²) < 4.78 is 0. The molecule has 1 aliphatic heterocycles. The fourth-order valence-corrected chi connectivity index (χ4v) is 0.510. The van der Waals surface area contributed by atoms with Crippen LogP contribution in [0.25, 0.3) is 0 Å². The van der Waals surface area contributed by atoms with Gasteiger partial charge in [0.2, 0.25) is 0 Å². The molecule has 0 saturated carbocycles. The van der Waals surface area contributed by atoms with Gasteiger partial charge in [-0.05, 0) is 6.54 Å². The van der Waals surface area contributed by atoms with Gasteiger partial charge in [0.1, 0.15) is 0 Å². The third-order valence-electron chi connectivity index (χ3n) is 0.814. The molecular formula is C5H11NY-2. The molecule has 1 fully saturated rings. The van der Waals surface area contributed by atoms with Crippen LogP contribution >= 0.6 is 0 Å². The van der Waals surface area contributed by atoms with Crippen LogP contribution in [0, 0.1) is 13.8 Å². The van der Waals surface area contributed by atoms with Crippen molar-refractivity contribution in [3.05, 3.63) is 13.8 Å². The topological polar surface area (TPSA) is 12.0 Å². The first-order chi connectivity index (χ1) is 2.50. The van der Waals surface area contributed by atoms with Crippen molar-refractivity contribution in [1.29, 1.82) is 0 Å². The second-order valence-corrected chi connectivity index (χ2v) is 1.28. The van der Waals surface area contributed by atoms with Gasteiger partial charge in [-0.3, -0.25) is 0 Å². The summed E-state index contributed by atoms with van der Waals surface area (Å²) in [6.07, 6.45) is 3.51. The molecule has 0 bridgehead atoms. The zero-order valence-electron chi connectivity index (χ0n) is 4.78. The van der Waals surface area contributed by atoms with Crippen LogP contribution in [-0.2, 0) is 32.7 Å². The van der Waals surface area contributed by atoms with Crippen LogP contribution in [0.5, 0.6) is 0 Å². The SMILES string of the molecule is [CH-]1CCNC1.[CH3-].[Y]. The zero-order valence-corrected chi connectivity index (χ0v) is 7.61. The molecule has 7 heavy (non-hydrogen) atoms. The van der Waals surface area contributed by atoms with Gasteiger partial charge in [-0.1, -0.05) is 0 Å². The molecule has 1 nitrogen and oxygen atoms in total. The Morgan fingerprint density at radius 3 is 2.29 bits per heavy atom. The Morgan fingerprint density at radius 1 is 1.43 bits per heavy atom. The van der Waals surface area contributed by atoms with Crippen molar-refractivity contribution in [3.8, 4) is 0 Å². The molecule has 0 aromatic heterocycles. The van der Waals surface area contributed by atoms with E-state index in [0.29, 0.717) is 0 Å². The van der Waals surface area contributed by atoms with Gasteiger partial charge in [-0.2, -0.15) is 6.42 Å². The number of hydrogen-bond donors (Lipinski definition) is 1. The van der Waals surface area contributed by atoms with Gasteiger partial charge >= 0.3 is 0 Å². The predicted molar refractivity (Wildman–Crippen MR) is 28.2 cm³/mol. The summed E-state index contributed by atoms with van der Waals surface area (Å²) in [4.78, 5) is 0. The molecule has 1 saturated heterocycles. The minimum atomic E-state index is 0. The summed E-state index contributed by atoms with van der Waals surface area (Å²) in [5, 5.41) is 3.17. The van der Waals surface area contributed by atoms with E-state index in [9.17, 15) is 0 Å². The first-order valence-corrected chi connectivity index (χ1v) is 2.02. The van der Waals surface area contributed by atoms with Crippen molar-refractivity contribution in [2.45, 2.75) is 6.42 Å². The minimum Gasteiger partial charge on any atom is -0.358 e. The van der Waals surface area contributed by atoms with E-state index in [1.807, 2.05) is 0 Å². The van der Waals surface area contributed by atoms with Crippen molar-refractivity contribution in [3.63, 3.8) is 0 Å². The molecule has 0 amide bonds. The Balaban J connectivity index is 0. The molecule has 0 aliphatic carbocycles. The fraction of sp³-hybridized carbons (Fsp3) is 0.600. The van der Waals surface area contributed by atoms with Crippen molar-refractivity contribution in [2.24, 2.45) is 0 Å². The van der Waals surface area contributed by atoms with Gasteiger partial charge < -0.3 is 19.2 Å². The number of hydrogen-bond acceptors (Lipinski definition) is 1. The Labute approximate surface area is 71.1 Å². The third kappa shape index (κ3) is 4.93. The van der Waals surface area contributed by atoms with Gasteiger partial charge in [-0.15, -0.1) is 6.54 Å². The van der Waals surface area contributed by atoms with Crippen molar-refractivity contribution < 1.29 is 32.7 Å². The summed E-state index contributed by atoms with van der Waals surface area (Å²) in [7, 11) is 0. The summed E-state index contributed by atoms with van der Waals surface area (Å²) in [5.74, 6) is 0. The molecule has 0 aromatic carbocycles. The van der Waals surface area contributed by atoms with Crippen LogP contribution in [0.1, 0.15) is 6.42 Å². The zero-order chi connectivity index (χ0) is 3.54. The summed E-state index contributed by atoms with van der Waals surface area (Å²) in [6.45, 7) is 2.32. The first-order valence-electron chi connectivity index (χ1n) is 2.02. The smallest absolute Gasteiger partial charge is 0 e. The van der Waals surface area contributed by atoms with Crippen LogP contribution in [0.2, 0.25) is 0 Å². The largest absolute Gasteiger partial charge is 0.358 e. The molecule has 1 heterocycles. The molecule has 1 aliphatic rings. The maximum Gasteiger partial charge on any atom is 0 e. The summed E-state index contributed by atoms with van der Waals surface area (Å²) in [6, 6.07) is 0. The molecule has 0 atom stereocenters. The average Bonchev–Trinajstić information content (AvgIpc) is 1.76. The molecule has 0 aromatic rings. The van der Waals surface area contributed by atoms with E-state index in [0.717, 1.165) is 6.54 Å².